The van der Waals surface area contributed by atoms with Crippen LogP contribution < -0.4 is 14.8 Å². The highest BCUT2D eigenvalue weighted by atomic mass is 35.5. The maximum atomic E-state index is 14.2. The molecule has 0 saturated carbocycles. The molecule has 5 rings (SSSR count). The van der Waals surface area contributed by atoms with Crippen LogP contribution in [0.25, 0.3) is 0 Å². The number of hydrogen-bond donors (Lipinski definition) is 1. The van der Waals surface area contributed by atoms with Crippen molar-refractivity contribution in [2.75, 3.05) is 19.6 Å². The molecule has 1 N–H and O–H groups in total. The Balaban J connectivity index is 1.46. The summed E-state index contributed by atoms with van der Waals surface area (Å²) in [5, 5.41) is 3.49. The van der Waals surface area contributed by atoms with Crippen LogP contribution in [0.2, 0.25) is 5.02 Å². The highest BCUT2D eigenvalue weighted by molar-refractivity contribution is 7.88. The highest BCUT2D eigenvalue weighted by Crippen LogP contribution is 2.32. The van der Waals surface area contributed by atoms with Gasteiger partial charge >= 0.3 is 0 Å². The Morgan fingerprint density at radius 3 is 2.11 bits per heavy atom. The van der Waals surface area contributed by atoms with Gasteiger partial charge in [0.1, 0.15) is 6.04 Å². The number of halogens is 1. The third-order valence-corrected chi connectivity index (χ3v) is 8.60. The van der Waals surface area contributed by atoms with Crippen LogP contribution in [0.5, 0.6) is 11.5 Å². The van der Waals surface area contributed by atoms with E-state index >= 15 is 0 Å². The van der Waals surface area contributed by atoms with Gasteiger partial charge in [0.25, 0.3) is 0 Å². The number of carbonyl (C=O) groups excluding carboxylic acids is 2. The van der Waals surface area contributed by atoms with Crippen molar-refractivity contribution in [1.29, 1.82) is 0 Å². The number of nitrogens with one attached hydrogen (secondary N) is 1. The summed E-state index contributed by atoms with van der Waals surface area (Å²) in [4.78, 5) is 29.6. The van der Waals surface area contributed by atoms with Crippen molar-refractivity contribution in [3.05, 3.63) is 130 Å². The number of nitrogens with zero attached hydrogens (tertiary/aromatic N) is 2. The van der Waals surface area contributed by atoms with Crippen molar-refractivity contribution in [2.24, 2.45) is 0 Å². The van der Waals surface area contributed by atoms with Crippen LogP contribution in [0.3, 0.4) is 0 Å². The second-order valence-electron chi connectivity index (χ2n) is 10.4. The summed E-state index contributed by atoms with van der Waals surface area (Å²) in [5.74, 6) is 0.265. The van der Waals surface area contributed by atoms with Gasteiger partial charge in [0.05, 0.1) is 12.8 Å². The Kier molecular flexibility index (Phi) is 9.84. The van der Waals surface area contributed by atoms with Crippen LogP contribution in [0.15, 0.2) is 103 Å². The molecule has 1 aliphatic heterocycles. The van der Waals surface area contributed by atoms with E-state index in [0.29, 0.717) is 22.1 Å². The SMILES string of the molecule is CS(=O)(=O)N(CC(=O)N(Cc1ccc(Cl)cc1)[C@@H](C(=O)NCc1ccc2c(c1)OCO2)c1ccccc1)Cc1ccccc1. The van der Waals surface area contributed by atoms with Crippen molar-refractivity contribution in [2.45, 2.75) is 25.7 Å². The summed E-state index contributed by atoms with van der Waals surface area (Å²) in [6.07, 6.45) is 1.07. The van der Waals surface area contributed by atoms with Gasteiger partial charge in [0.2, 0.25) is 28.6 Å². The lowest BCUT2D eigenvalue weighted by atomic mass is 10.0. The van der Waals surface area contributed by atoms with E-state index in [1.54, 1.807) is 84.9 Å². The summed E-state index contributed by atoms with van der Waals surface area (Å²) in [6.45, 7) is -0.106. The van der Waals surface area contributed by atoms with Crippen LogP contribution >= 0.6 is 11.6 Å². The van der Waals surface area contributed by atoms with Gasteiger partial charge in [0, 0.05) is 24.7 Å². The fraction of sp³-hybridized carbons (Fsp3) is 0.212. The molecule has 9 nitrogen and oxygen atoms in total. The monoisotopic (exact) mass is 633 g/mol. The minimum Gasteiger partial charge on any atom is -0.454 e. The fourth-order valence-electron chi connectivity index (χ4n) is 4.87. The minimum absolute atomic E-state index is 0.00646. The molecule has 1 atom stereocenters. The topological polar surface area (TPSA) is 105 Å². The van der Waals surface area contributed by atoms with Crippen LogP contribution in [0.1, 0.15) is 28.3 Å². The van der Waals surface area contributed by atoms with E-state index in [9.17, 15) is 18.0 Å². The maximum Gasteiger partial charge on any atom is 0.247 e. The van der Waals surface area contributed by atoms with Crippen LogP contribution in [0.4, 0.5) is 0 Å². The van der Waals surface area contributed by atoms with E-state index in [-0.39, 0.29) is 26.4 Å². The van der Waals surface area contributed by atoms with E-state index in [0.717, 1.165) is 27.3 Å². The molecule has 2 amide bonds. The Hall–Kier alpha value is -4.38. The molecule has 0 bridgehead atoms. The molecule has 0 radical (unpaired) electrons. The predicted octanol–water partition coefficient (Wildman–Crippen LogP) is 4.92. The average molecular weight is 634 g/mol. The number of ether oxygens (including phenoxy) is 2. The molecule has 0 aliphatic carbocycles. The van der Waals surface area contributed by atoms with Crippen LogP contribution in [-0.4, -0.2) is 49.0 Å². The largest absolute Gasteiger partial charge is 0.454 e. The summed E-state index contributed by atoms with van der Waals surface area (Å²) < 4.78 is 37.7. The van der Waals surface area contributed by atoms with Crippen molar-refractivity contribution >= 4 is 33.4 Å². The smallest absolute Gasteiger partial charge is 0.247 e. The number of amides is 2. The molecular weight excluding hydrogens is 602 g/mol. The van der Waals surface area contributed by atoms with Gasteiger partial charge in [-0.2, -0.15) is 4.31 Å². The molecule has 4 aromatic rings. The third kappa shape index (κ3) is 7.96. The molecule has 0 unspecified atom stereocenters. The first kappa shape index (κ1) is 31.1. The first-order valence-electron chi connectivity index (χ1n) is 13.9. The summed E-state index contributed by atoms with van der Waals surface area (Å²) in [7, 11) is -3.79. The summed E-state index contributed by atoms with van der Waals surface area (Å²) in [6, 6.07) is 29.3. The van der Waals surface area contributed by atoms with E-state index < -0.39 is 34.4 Å². The fourth-order valence-corrected chi connectivity index (χ4v) is 5.73. The molecule has 0 saturated heterocycles. The molecule has 0 aromatic heterocycles. The predicted molar refractivity (Wildman–Crippen MR) is 167 cm³/mol. The standard InChI is InChI=1S/C33H32ClN3O6S/c1-44(40,41)36(20-24-8-4-2-5-9-24)22-31(38)37(21-25-12-15-28(34)16-13-25)32(27-10-6-3-7-11-27)33(39)35-19-26-14-17-29-30(18-26)43-23-42-29/h2-18,32H,19-23H2,1H3,(H,35,39)/t32-/m1/s1. The number of fused-ring (bicyclic) bond motifs is 1. The lowest BCUT2D eigenvalue weighted by molar-refractivity contribution is -0.141. The van der Waals surface area contributed by atoms with Crippen LogP contribution in [-0.2, 0) is 39.2 Å². The second kappa shape index (κ2) is 13.9. The van der Waals surface area contributed by atoms with E-state index in [2.05, 4.69) is 5.32 Å². The molecule has 0 fully saturated rings. The second-order valence-corrected chi connectivity index (χ2v) is 12.8. The zero-order valence-corrected chi connectivity index (χ0v) is 25.6. The van der Waals surface area contributed by atoms with Crippen LogP contribution in [0, 0.1) is 0 Å². The zero-order chi connectivity index (χ0) is 31.1. The number of sulfonamides is 1. The van der Waals surface area contributed by atoms with Crippen molar-refractivity contribution in [1.82, 2.24) is 14.5 Å². The maximum absolute atomic E-state index is 14.2. The molecule has 1 heterocycles. The molecular formula is C33H32ClN3O6S. The Bertz CT molecular complexity index is 1700. The number of carbonyl (C=O) groups is 2. The van der Waals surface area contributed by atoms with Crippen molar-refractivity contribution < 1.29 is 27.5 Å². The van der Waals surface area contributed by atoms with Gasteiger partial charge in [-0.3, -0.25) is 9.59 Å². The Labute approximate surface area is 262 Å². The number of hydrogen-bond acceptors (Lipinski definition) is 6. The molecule has 44 heavy (non-hydrogen) atoms. The van der Waals surface area contributed by atoms with Gasteiger partial charge in [-0.05, 0) is 46.5 Å². The third-order valence-electron chi connectivity index (χ3n) is 7.15. The molecule has 4 aromatic carbocycles. The van der Waals surface area contributed by atoms with Gasteiger partial charge in [-0.25, -0.2) is 8.42 Å². The van der Waals surface area contributed by atoms with E-state index in [1.807, 2.05) is 18.2 Å². The van der Waals surface area contributed by atoms with E-state index in [1.165, 1.54) is 4.90 Å². The first-order valence-corrected chi connectivity index (χ1v) is 16.1. The molecule has 1 aliphatic rings. The lowest BCUT2D eigenvalue weighted by Crippen LogP contribution is -2.47. The van der Waals surface area contributed by atoms with Gasteiger partial charge in [-0.15, -0.1) is 0 Å². The normalized spacial score (nSPS) is 13.0. The van der Waals surface area contributed by atoms with Crippen molar-refractivity contribution in [3.63, 3.8) is 0 Å². The minimum atomic E-state index is -3.79. The average Bonchev–Trinajstić information content (AvgIpc) is 3.49. The number of benzene rings is 4. The molecule has 0 spiro atoms. The van der Waals surface area contributed by atoms with Gasteiger partial charge in [-0.1, -0.05) is 90.5 Å². The zero-order valence-electron chi connectivity index (χ0n) is 24.1. The van der Waals surface area contributed by atoms with E-state index in [4.69, 9.17) is 21.1 Å². The number of rotatable bonds is 12. The highest BCUT2D eigenvalue weighted by Gasteiger charge is 2.34. The quantitative estimate of drug-likeness (QED) is 0.238. The van der Waals surface area contributed by atoms with Crippen molar-refractivity contribution in [3.8, 4) is 11.5 Å². The van der Waals surface area contributed by atoms with Gasteiger partial charge in [0.15, 0.2) is 11.5 Å². The summed E-state index contributed by atoms with van der Waals surface area (Å²) >= 11 is 6.12. The lowest BCUT2D eigenvalue weighted by Gasteiger charge is -2.33. The Morgan fingerprint density at radius 2 is 1.43 bits per heavy atom. The molecule has 11 heteroatoms. The Morgan fingerprint density at radius 1 is 0.818 bits per heavy atom. The first-order chi connectivity index (χ1) is 21.2. The summed E-state index contributed by atoms with van der Waals surface area (Å²) in [5.41, 5.74) is 2.82. The van der Waals surface area contributed by atoms with Gasteiger partial charge < -0.3 is 19.7 Å². The molecule has 228 valence electrons.